The predicted octanol–water partition coefficient (Wildman–Crippen LogP) is 5.87. The van der Waals surface area contributed by atoms with Gasteiger partial charge in [-0.25, -0.2) is 4.79 Å². The minimum Gasteiger partial charge on any atom is -0.453 e. The van der Waals surface area contributed by atoms with E-state index < -0.39 is 52.4 Å². The van der Waals surface area contributed by atoms with Gasteiger partial charge in [0.15, 0.2) is 12.4 Å². The SMILES string of the molecule is CS(=O)(=O)O[C@H]1[C@H](OC(=O)c2ccccc2)[C@@H](OCc2ccccc2)[C@@H](O)O[C@@H]1COC(c1ccccc1)(c1ccccc1)c1ccccc1. The van der Waals surface area contributed by atoms with E-state index in [-0.39, 0.29) is 18.8 Å². The van der Waals surface area contributed by atoms with Crippen molar-refractivity contribution < 1.29 is 41.4 Å². The molecule has 1 aliphatic heterocycles. The van der Waals surface area contributed by atoms with Crippen molar-refractivity contribution in [3.8, 4) is 0 Å². The largest absolute Gasteiger partial charge is 0.453 e. The normalized spacial score (nSPS) is 21.0. The highest BCUT2D eigenvalue weighted by Gasteiger charge is 2.52. The Bertz CT molecular complexity index is 1810. The standard InChI is InChI=1S/C40H38O9S/c1-50(43,44)49-35-34(28-46-40(31-21-11-4-12-22-31,32-23-13-5-14-24-32)33-25-15-6-16-26-33)47-39(42)37(45-27-29-17-7-2-8-18-29)36(35)48-38(41)30-19-9-3-10-20-30/h2-26,34-37,39,42H,27-28H2,1H3/t34-,35-,36+,37-,39+/m1/s1. The molecule has 0 aromatic heterocycles. The van der Waals surface area contributed by atoms with Crippen LogP contribution in [0.15, 0.2) is 152 Å². The summed E-state index contributed by atoms with van der Waals surface area (Å²) in [5.74, 6) is -0.757. The van der Waals surface area contributed by atoms with Gasteiger partial charge in [0.2, 0.25) is 0 Å². The first-order valence-corrected chi connectivity index (χ1v) is 18.0. The molecule has 258 valence electrons. The Labute approximate surface area is 292 Å². The van der Waals surface area contributed by atoms with Crippen molar-refractivity contribution in [2.45, 2.75) is 42.9 Å². The van der Waals surface area contributed by atoms with Crippen LogP contribution in [0.5, 0.6) is 0 Å². The van der Waals surface area contributed by atoms with Crippen molar-refractivity contribution in [2.75, 3.05) is 12.9 Å². The molecule has 1 saturated heterocycles. The third kappa shape index (κ3) is 8.19. The molecular weight excluding hydrogens is 656 g/mol. The van der Waals surface area contributed by atoms with Crippen LogP contribution in [0.2, 0.25) is 0 Å². The van der Waals surface area contributed by atoms with E-state index in [0.29, 0.717) is 0 Å². The highest BCUT2D eigenvalue weighted by Crippen LogP contribution is 2.41. The van der Waals surface area contributed by atoms with Crippen LogP contribution < -0.4 is 0 Å². The fourth-order valence-electron chi connectivity index (χ4n) is 6.17. The Morgan fingerprint density at radius 2 is 1.14 bits per heavy atom. The van der Waals surface area contributed by atoms with E-state index in [1.54, 1.807) is 30.3 Å². The number of ether oxygens (including phenoxy) is 4. The van der Waals surface area contributed by atoms with Gasteiger partial charge in [0.25, 0.3) is 10.1 Å². The summed E-state index contributed by atoms with van der Waals surface area (Å²) < 4.78 is 56.4. The van der Waals surface area contributed by atoms with Gasteiger partial charge in [-0.2, -0.15) is 8.42 Å². The average Bonchev–Trinajstić information content (AvgIpc) is 3.14. The number of hydrogen-bond acceptors (Lipinski definition) is 9. The molecule has 1 aliphatic rings. The lowest BCUT2D eigenvalue weighted by molar-refractivity contribution is -0.297. The Balaban J connectivity index is 1.40. The van der Waals surface area contributed by atoms with Crippen molar-refractivity contribution in [3.63, 3.8) is 0 Å². The number of esters is 1. The van der Waals surface area contributed by atoms with E-state index in [1.165, 1.54) is 0 Å². The highest BCUT2D eigenvalue weighted by molar-refractivity contribution is 7.86. The summed E-state index contributed by atoms with van der Waals surface area (Å²) >= 11 is 0. The summed E-state index contributed by atoms with van der Waals surface area (Å²) in [6.07, 6.45) is -6.23. The van der Waals surface area contributed by atoms with Crippen molar-refractivity contribution in [3.05, 3.63) is 179 Å². The first-order chi connectivity index (χ1) is 24.2. The predicted molar refractivity (Wildman–Crippen MR) is 186 cm³/mol. The molecule has 0 spiro atoms. The molecule has 0 aliphatic carbocycles. The Morgan fingerprint density at radius 1 is 0.680 bits per heavy atom. The van der Waals surface area contributed by atoms with E-state index >= 15 is 0 Å². The molecule has 0 saturated carbocycles. The smallest absolute Gasteiger partial charge is 0.338 e. The van der Waals surface area contributed by atoms with E-state index in [0.717, 1.165) is 28.5 Å². The zero-order valence-electron chi connectivity index (χ0n) is 27.4. The molecule has 9 nitrogen and oxygen atoms in total. The number of hydrogen-bond donors (Lipinski definition) is 1. The summed E-state index contributed by atoms with van der Waals surface area (Å²) in [4.78, 5) is 13.5. The molecule has 1 N–H and O–H groups in total. The fourth-order valence-corrected chi connectivity index (χ4v) is 6.80. The molecule has 5 aromatic rings. The number of rotatable bonds is 13. The van der Waals surface area contributed by atoms with Crippen molar-refractivity contribution in [1.29, 1.82) is 0 Å². The van der Waals surface area contributed by atoms with Gasteiger partial charge in [-0.1, -0.05) is 140 Å². The molecule has 0 amide bonds. The Hall–Kier alpha value is -4.68. The van der Waals surface area contributed by atoms with E-state index in [4.69, 9.17) is 23.1 Å². The maximum atomic E-state index is 13.5. The van der Waals surface area contributed by atoms with Crippen LogP contribution in [0.1, 0.15) is 32.6 Å². The first-order valence-electron chi connectivity index (χ1n) is 16.2. The van der Waals surface area contributed by atoms with Gasteiger partial charge in [0, 0.05) is 0 Å². The molecule has 5 aromatic carbocycles. The molecule has 5 atom stereocenters. The molecule has 50 heavy (non-hydrogen) atoms. The number of aliphatic hydroxyl groups excluding tert-OH is 1. The van der Waals surface area contributed by atoms with E-state index in [2.05, 4.69) is 0 Å². The molecule has 0 unspecified atom stereocenters. The lowest BCUT2D eigenvalue weighted by Gasteiger charge is -2.44. The molecule has 1 heterocycles. The van der Waals surface area contributed by atoms with E-state index in [9.17, 15) is 18.3 Å². The monoisotopic (exact) mass is 694 g/mol. The van der Waals surface area contributed by atoms with Crippen LogP contribution in [0.4, 0.5) is 0 Å². The Kier molecular flexibility index (Phi) is 11.2. The summed E-state index contributed by atoms with van der Waals surface area (Å²) in [6.45, 7) is -0.280. The van der Waals surface area contributed by atoms with Gasteiger partial charge in [-0.3, -0.25) is 4.18 Å². The average molecular weight is 695 g/mol. The summed E-state index contributed by atoms with van der Waals surface area (Å²) in [5, 5.41) is 11.5. The number of carbonyl (C=O) groups is 1. The topological polar surface area (TPSA) is 118 Å². The van der Waals surface area contributed by atoms with Crippen LogP contribution in [-0.2, 0) is 45.5 Å². The maximum absolute atomic E-state index is 13.5. The number of carbonyl (C=O) groups excluding carboxylic acids is 1. The summed E-state index contributed by atoms with van der Waals surface area (Å²) in [5.41, 5.74) is 2.18. The van der Waals surface area contributed by atoms with Crippen molar-refractivity contribution >= 4 is 16.1 Å². The van der Waals surface area contributed by atoms with Gasteiger partial charge in [0.05, 0.1) is 25.0 Å². The van der Waals surface area contributed by atoms with E-state index in [1.807, 2.05) is 121 Å². The van der Waals surface area contributed by atoms with Crippen LogP contribution in [0.3, 0.4) is 0 Å². The van der Waals surface area contributed by atoms with Crippen molar-refractivity contribution in [1.82, 2.24) is 0 Å². The maximum Gasteiger partial charge on any atom is 0.338 e. The molecule has 0 radical (unpaired) electrons. The summed E-state index contributed by atoms with van der Waals surface area (Å²) in [7, 11) is -4.17. The lowest BCUT2D eigenvalue weighted by Crippen LogP contribution is -2.62. The van der Waals surface area contributed by atoms with Crippen LogP contribution >= 0.6 is 0 Å². The van der Waals surface area contributed by atoms with Gasteiger partial charge < -0.3 is 24.1 Å². The number of aliphatic hydroxyl groups is 1. The minimum atomic E-state index is -4.17. The van der Waals surface area contributed by atoms with Gasteiger partial charge in [-0.15, -0.1) is 0 Å². The van der Waals surface area contributed by atoms with Gasteiger partial charge >= 0.3 is 5.97 Å². The van der Waals surface area contributed by atoms with Crippen molar-refractivity contribution in [2.24, 2.45) is 0 Å². The lowest BCUT2D eigenvalue weighted by atomic mass is 9.80. The molecular formula is C40H38O9S. The zero-order valence-corrected chi connectivity index (χ0v) is 28.2. The minimum absolute atomic E-state index is 0.0111. The zero-order chi connectivity index (χ0) is 35.0. The number of benzene rings is 5. The first kappa shape index (κ1) is 35.2. The second kappa shape index (κ2) is 15.9. The fraction of sp³-hybridized carbons (Fsp3) is 0.225. The molecule has 6 rings (SSSR count). The third-order valence-electron chi connectivity index (χ3n) is 8.44. The third-order valence-corrected chi connectivity index (χ3v) is 9.01. The molecule has 0 bridgehead atoms. The quantitative estimate of drug-likeness (QED) is 0.0918. The van der Waals surface area contributed by atoms with Crippen LogP contribution in [0, 0.1) is 0 Å². The van der Waals surface area contributed by atoms with Gasteiger partial charge in [-0.05, 0) is 34.4 Å². The highest BCUT2D eigenvalue weighted by atomic mass is 32.2. The molecule has 1 fully saturated rings. The molecule has 10 heteroatoms. The van der Waals surface area contributed by atoms with Gasteiger partial charge in [0.1, 0.15) is 23.9 Å². The van der Waals surface area contributed by atoms with Crippen LogP contribution in [0.25, 0.3) is 0 Å². The second-order valence-corrected chi connectivity index (χ2v) is 13.5. The van der Waals surface area contributed by atoms with Crippen LogP contribution in [-0.4, -0.2) is 63.1 Å². The second-order valence-electron chi connectivity index (χ2n) is 11.9. The Morgan fingerprint density at radius 3 is 1.62 bits per heavy atom. The summed E-state index contributed by atoms with van der Waals surface area (Å²) in [6, 6.07) is 46.2.